The van der Waals surface area contributed by atoms with Crippen molar-refractivity contribution in [3.8, 4) is 0 Å². The van der Waals surface area contributed by atoms with E-state index in [0.717, 1.165) is 32.1 Å². The van der Waals surface area contributed by atoms with E-state index in [9.17, 15) is 19.0 Å². The smallest absolute Gasteiger partial charge is 0.306 e. The van der Waals surface area contributed by atoms with Crippen molar-refractivity contribution in [2.45, 2.75) is 412 Å². The van der Waals surface area contributed by atoms with E-state index >= 15 is 0 Å². The molecule has 0 rings (SSSR count). The second-order valence-electron chi connectivity index (χ2n) is 27.0. The largest absolute Gasteiger partial charge is 0.756 e. The van der Waals surface area contributed by atoms with Gasteiger partial charge in [0.25, 0.3) is 7.82 Å². The minimum atomic E-state index is -4.64. The van der Waals surface area contributed by atoms with Gasteiger partial charge in [-0.05, 0) is 12.8 Å². The quantitative estimate of drug-likeness (QED) is 0.0256. The van der Waals surface area contributed by atoms with Gasteiger partial charge in [-0.1, -0.05) is 380 Å². The van der Waals surface area contributed by atoms with Gasteiger partial charge in [-0.2, -0.15) is 0 Å². The van der Waals surface area contributed by atoms with Crippen LogP contribution in [-0.4, -0.2) is 70.0 Å². The van der Waals surface area contributed by atoms with Crippen molar-refractivity contribution in [2.75, 3.05) is 47.5 Å². The molecule has 2 unspecified atom stereocenters. The zero-order chi connectivity index (χ0) is 60.5. The molecular formula is C73H146NO8P. The van der Waals surface area contributed by atoms with Gasteiger partial charge in [0.15, 0.2) is 6.10 Å². The summed E-state index contributed by atoms with van der Waals surface area (Å²) < 4.78 is 34.4. The number of esters is 2. The summed E-state index contributed by atoms with van der Waals surface area (Å²) in [5.41, 5.74) is 0. The number of ether oxygens (including phenoxy) is 2. The lowest BCUT2D eigenvalue weighted by Gasteiger charge is -2.28. The van der Waals surface area contributed by atoms with Crippen molar-refractivity contribution >= 4 is 19.8 Å². The average molecular weight is 1200 g/mol. The molecule has 0 aliphatic rings. The van der Waals surface area contributed by atoms with Gasteiger partial charge in [0, 0.05) is 12.8 Å². The summed E-state index contributed by atoms with van der Waals surface area (Å²) in [6.45, 7) is 4.34. The Morgan fingerprint density at radius 2 is 0.542 bits per heavy atom. The molecule has 0 aliphatic heterocycles. The maximum atomic E-state index is 12.9. The molecule has 0 aromatic carbocycles. The number of likely N-dealkylation sites (N-methyl/N-ethyl adjacent to an activating group) is 1. The molecule has 0 radical (unpaired) electrons. The van der Waals surface area contributed by atoms with Crippen LogP contribution in [0.5, 0.6) is 0 Å². The Morgan fingerprint density at radius 3 is 0.771 bits per heavy atom. The highest BCUT2D eigenvalue weighted by molar-refractivity contribution is 7.45. The van der Waals surface area contributed by atoms with E-state index in [-0.39, 0.29) is 32.0 Å². The molecule has 9 nitrogen and oxygen atoms in total. The standard InChI is InChI=1S/C73H146NO8P/c1-6-8-10-12-14-16-18-20-22-24-26-28-30-32-33-34-35-36-37-38-39-40-41-42-44-46-48-50-52-54-56-58-60-62-64-66-73(76)82-71(70-81-83(77,78)80-68-67-74(3,4)5)69-79-72(75)65-63-61-59-57-55-53-51-49-47-45-43-31-29-27-25-23-21-19-17-15-13-11-9-7-2/h71H,6-70H2,1-5H3. The molecule has 0 heterocycles. The van der Waals surface area contributed by atoms with Crippen molar-refractivity contribution in [1.82, 2.24) is 0 Å². The molecule has 2 atom stereocenters. The van der Waals surface area contributed by atoms with Crippen LogP contribution in [0.2, 0.25) is 0 Å². The Bertz CT molecular complexity index is 1360. The topological polar surface area (TPSA) is 111 Å². The molecule has 0 aliphatic carbocycles. The number of phosphoric ester groups is 1. The molecule has 496 valence electrons. The fraction of sp³-hybridized carbons (Fsp3) is 0.973. The lowest BCUT2D eigenvalue weighted by Crippen LogP contribution is -2.37. The van der Waals surface area contributed by atoms with Crippen molar-refractivity contribution in [2.24, 2.45) is 0 Å². The molecule has 0 spiro atoms. The second-order valence-corrected chi connectivity index (χ2v) is 28.4. The molecule has 10 heteroatoms. The molecule has 0 aromatic rings. The van der Waals surface area contributed by atoms with E-state index < -0.39 is 26.5 Å². The number of unbranched alkanes of at least 4 members (excludes halogenated alkanes) is 57. The first-order valence-electron chi connectivity index (χ1n) is 37.2. The highest BCUT2D eigenvalue weighted by atomic mass is 31.2. The summed E-state index contributed by atoms with van der Waals surface area (Å²) in [6, 6.07) is 0. The molecule has 0 saturated heterocycles. The van der Waals surface area contributed by atoms with E-state index in [4.69, 9.17) is 18.5 Å². The zero-order valence-electron chi connectivity index (χ0n) is 56.7. The number of carbonyl (C=O) groups excluding carboxylic acids is 2. The fourth-order valence-electron chi connectivity index (χ4n) is 11.7. The van der Waals surface area contributed by atoms with Crippen LogP contribution in [-0.2, 0) is 32.7 Å². The van der Waals surface area contributed by atoms with Crippen LogP contribution in [0.3, 0.4) is 0 Å². The van der Waals surface area contributed by atoms with E-state index in [1.165, 1.54) is 340 Å². The van der Waals surface area contributed by atoms with Crippen LogP contribution in [0, 0.1) is 0 Å². The van der Waals surface area contributed by atoms with Crippen molar-refractivity contribution in [3.05, 3.63) is 0 Å². The van der Waals surface area contributed by atoms with Gasteiger partial charge < -0.3 is 27.9 Å². The summed E-state index contributed by atoms with van der Waals surface area (Å²) in [6.07, 6.45) is 79.3. The second kappa shape index (κ2) is 65.5. The van der Waals surface area contributed by atoms with E-state index in [0.29, 0.717) is 17.4 Å². The van der Waals surface area contributed by atoms with Crippen LogP contribution in [0.25, 0.3) is 0 Å². The maximum Gasteiger partial charge on any atom is 0.306 e. The molecule has 0 N–H and O–H groups in total. The Morgan fingerprint density at radius 1 is 0.325 bits per heavy atom. The molecule has 0 bridgehead atoms. The van der Waals surface area contributed by atoms with Crippen molar-refractivity contribution < 1.29 is 42.1 Å². The molecule has 0 saturated carbocycles. The van der Waals surface area contributed by atoms with Gasteiger partial charge in [0.1, 0.15) is 19.8 Å². The number of rotatable bonds is 71. The van der Waals surface area contributed by atoms with Crippen LogP contribution >= 0.6 is 7.82 Å². The zero-order valence-corrected chi connectivity index (χ0v) is 57.6. The van der Waals surface area contributed by atoms with Gasteiger partial charge in [0.2, 0.25) is 0 Å². The normalized spacial score (nSPS) is 13.0. The lowest BCUT2D eigenvalue weighted by molar-refractivity contribution is -0.870. The number of carbonyl (C=O) groups is 2. The molecule has 83 heavy (non-hydrogen) atoms. The number of hydrogen-bond donors (Lipinski definition) is 0. The number of phosphoric acid groups is 1. The van der Waals surface area contributed by atoms with Gasteiger partial charge in [0.05, 0.1) is 27.7 Å². The summed E-state index contributed by atoms with van der Waals surface area (Å²) in [5.74, 6) is -0.802. The van der Waals surface area contributed by atoms with Crippen LogP contribution < -0.4 is 4.89 Å². The van der Waals surface area contributed by atoms with Gasteiger partial charge in [-0.3, -0.25) is 14.2 Å². The highest BCUT2D eigenvalue weighted by Crippen LogP contribution is 2.38. The predicted molar refractivity (Wildman–Crippen MR) is 356 cm³/mol. The fourth-order valence-corrected chi connectivity index (χ4v) is 12.4. The SMILES string of the molecule is CCCCCCCCCCCCCCCCCCCCCCCCCCCCCCCCCCCCCC(=O)OC(COC(=O)CCCCCCCCCCCCCCCCCCCCCCCCCC)COP(=O)([O-])OCC[N+](C)(C)C. The molecule has 0 aromatic heterocycles. The van der Waals surface area contributed by atoms with Gasteiger partial charge in [-0.15, -0.1) is 0 Å². The number of hydrogen-bond acceptors (Lipinski definition) is 8. The maximum absolute atomic E-state index is 12.9. The minimum absolute atomic E-state index is 0.0247. The Labute approximate surface area is 518 Å². The summed E-state index contributed by atoms with van der Waals surface area (Å²) in [4.78, 5) is 38.1. The summed E-state index contributed by atoms with van der Waals surface area (Å²) in [5, 5.41) is 0. The Balaban J connectivity index is 3.91. The first kappa shape index (κ1) is 82.0. The first-order valence-corrected chi connectivity index (χ1v) is 38.7. The third kappa shape index (κ3) is 70.0. The van der Waals surface area contributed by atoms with E-state index in [1.807, 2.05) is 21.1 Å². The average Bonchev–Trinajstić information content (AvgIpc) is 3.49. The summed E-state index contributed by atoms with van der Waals surface area (Å²) >= 11 is 0. The van der Waals surface area contributed by atoms with Gasteiger partial charge in [-0.25, -0.2) is 0 Å². The van der Waals surface area contributed by atoms with E-state index in [1.54, 1.807) is 0 Å². The summed E-state index contributed by atoms with van der Waals surface area (Å²) in [7, 11) is 1.20. The lowest BCUT2D eigenvalue weighted by atomic mass is 10.0. The third-order valence-corrected chi connectivity index (χ3v) is 18.3. The van der Waals surface area contributed by atoms with Crippen LogP contribution in [0.15, 0.2) is 0 Å². The Hall–Kier alpha value is -0.990. The van der Waals surface area contributed by atoms with Gasteiger partial charge >= 0.3 is 11.9 Å². The van der Waals surface area contributed by atoms with Crippen molar-refractivity contribution in [1.29, 1.82) is 0 Å². The van der Waals surface area contributed by atoms with Crippen LogP contribution in [0.4, 0.5) is 0 Å². The van der Waals surface area contributed by atoms with Crippen molar-refractivity contribution in [3.63, 3.8) is 0 Å². The number of nitrogens with zero attached hydrogens (tertiary/aromatic N) is 1. The molecular weight excluding hydrogens is 1050 g/mol. The van der Waals surface area contributed by atoms with Crippen LogP contribution in [0.1, 0.15) is 406 Å². The predicted octanol–water partition coefficient (Wildman–Crippen LogP) is 23.5. The monoisotopic (exact) mass is 1200 g/mol. The highest BCUT2D eigenvalue weighted by Gasteiger charge is 2.22. The molecule has 0 amide bonds. The minimum Gasteiger partial charge on any atom is -0.756 e. The Kier molecular flexibility index (Phi) is 64.7. The third-order valence-electron chi connectivity index (χ3n) is 17.4. The molecule has 0 fully saturated rings. The number of quaternary nitrogens is 1. The first-order chi connectivity index (χ1) is 40.5. The van der Waals surface area contributed by atoms with E-state index in [2.05, 4.69) is 13.8 Å².